The molecule has 0 aliphatic carbocycles. The summed E-state index contributed by atoms with van der Waals surface area (Å²) in [5, 5.41) is 13.6. The molecule has 0 saturated heterocycles. The first-order valence-electron chi connectivity index (χ1n) is 5.62. The lowest BCUT2D eigenvalue weighted by molar-refractivity contribution is -0.120. The Balaban J connectivity index is 2.26. The molecule has 0 atom stereocenters. The van der Waals surface area contributed by atoms with Crippen molar-refractivity contribution in [1.82, 2.24) is 25.4 Å². The van der Waals surface area contributed by atoms with E-state index in [9.17, 15) is 4.79 Å². The van der Waals surface area contributed by atoms with E-state index in [1.165, 1.54) is 0 Å². The first kappa shape index (κ1) is 12.6. The minimum Gasteiger partial charge on any atom is -0.348 e. The molecular weight excluding hydrogens is 206 g/mol. The zero-order valence-corrected chi connectivity index (χ0v) is 9.86. The van der Waals surface area contributed by atoms with Gasteiger partial charge in [0.2, 0.25) is 5.91 Å². The van der Waals surface area contributed by atoms with Crippen LogP contribution in [0.5, 0.6) is 0 Å². The molecule has 0 spiro atoms. The van der Waals surface area contributed by atoms with Crippen LogP contribution in [-0.4, -0.2) is 33.8 Å². The molecule has 1 heterocycles. The van der Waals surface area contributed by atoms with Crippen LogP contribution in [0.2, 0.25) is 0 Å². The van der Waals surface area contributed by atoms with Crippen LogP contribution in [0, 0.1) is 0 Å². The number of hydrogen-bond acceptors (Lipinski definition) is 4. The van der Waals surface area contributed by atoms with Crippen molar-refractivity contribution in [2.24, 2.45) is 0 Å². The van der Waals surface area contributed by atoms with Crippen molar-refractivity contribution in [3.63, 3.8) is 0 Å². The highest BCUT2D eigenvalue weighted by Crippen LogP contribution is 1.93. The number of rotatable bonds is 7. The molecule has 0 bridgehead atoms. The zero-order valence-electron chi connectivity index (χ0n) is 9.86. The van der Waals surface area contributed by atoms with Gasteiger partial charge in [0.05, 0.1) is 13.1 Å². The fourth-order valence-corrected chi connectivity index (χ4v) is 1.30. The number of hydrogen-bond donors (Lipinski definition) is 2. The second-order valence-corrected chi connectivity index (χ2v) is 3.49. The van der Waals surface area contributed by atoms with Crippen LogP contribution in [0.4, 0.5) is 0 Å². The summed E-state index contributed by atoms with van der Waals surface area (Å²) in [7, 11) is 0. The van der Waals surface area contributed by atoms with Crippen molar-refractivity contribution in [1.29, 1.82) is 0 Å². The van der Waals surface area contributed by atoms with Gasteiger partial charge < -0.3 is 15.2 Å². The highest BCUT2D eigenvalue weighted by Gasteiger charge is 2.04. The molecule has 6 nitrogen and oxygen atoms in total. The van der Waals surface area contributed by atoms with Gasteiger partial charge in [-0.15, -0.1) is 10.2 Å². The Bertz CT molecular complexity index is 323. The van der Waals surface area contributed by atoms with E-state index in [1.807, 2.05) is 11.5 Å². The summed E-state index contributed by atoms with van der Waals surface area (Å²) in [6.07, 6.45) is 2.69. The van der Waals surface area contributed by atoms with Crippen molar-refractivity contribution in [2.45, 2.75) is 33.4 Å². The van der Waals surface area contributed by atoms with Gasteiger partial charge >= 0.3 is 0 Å². The Labute approximate surface area is 95.4 Å². The summed E-state index contributed by atoms with van der Waals surface area (Å²) < 4.78 is 1.90. The Hall–Kier alpha value is -1.43. The number of nitrogens with one attached hydrogen (secondary N) is 2. The number of carbonyl (C=O) groups excluding carboxylic acids is 1. The first-order valence-corrected chi connectivity index (χ1v) is 5.62. The van der Waals surface area contributed by atoms with Crippen LogP contribution >= 0.6 is 0 Å². The first-order chi connectivity index (χ1) is 7.77. The van der Waals surface area contributed by atoms with E-state index in [-0.39, 0.29) is 5.91 Å². The van der Waals surface area contributed by atoms with E-state index >= 15 is 0 Å². The molecule has 0 unspecified atom stereocenters. The summed E-state index contributed by atoms with van der Waals surface area (Å²) >= 11 is 0. The number of amides is 1. The fourth-order valence-electron chi connectivity index (χ4n) is 1.30. The summed E-state index contributed by atoms with van der Waals surface area (Å²) in [6, 6.07) is 0. The quantitative estimate of drug-likeness (QED) is 0.636. The lowest BCUT2D eigenvalue weighted by Crippen LogP contribution is -2.34. The minimum absolute atomic E-state index is 0.0147. The second kappa shape index (κ2) is 6.95. The van der Waals surface area contributed by atoms with Crippen molar-refractivity contribution < 1.29 is 4.79 Å². The van der Waals surface area contributed by atoms with Gasteiger partial charge in [0.15, 0.2) is 5.82 Å². The molecule has 1 amide bonds. The fraction of sp³-hybridized carbons (Fsp3) is 0.700. The average Bonchev–Trinajstić information content (AvgIpc) is 2.74. The zero-order chi connectivity index (χ0) is 11.8. The van der Waals surface area contributed by atoms with E-state index in [0.717, 1.165) is 25.3 Å². The maximum absolute atomic E-state index is 11.4. The lowest BCUT2D eigenvalue weighted by atomic mass is 10.4. The highest BCUT2D eigenvalue weighted by molar-refractivity contribution is 5.77. The number of aromatic nitrogens is 3. The summed E-state index contributed by atoms with van der Waals surface area (Å²) in [4.78, 5) is 11.4. The average molecular weight is 225 g/mol. The smallest absolute Gasteiger partial charge is 0.234 e. The van der Waals surface area contributed by atoms with Gasteiger partial charge in [0, 0.05) is 6.54 Å². The third-order valence-corrected chi connectivity index (χ3v) is 2.19. The van der Waals surface area contributed by atoms with Crippen LogP contribution in [-0.2, 0) is 17.9 Å². The van der Waals surface area contributed by atoms with E-state index in [1.54, 1.807) is 6.33 Å². The molecule has 0 radical (unpaired) electrons. The molecule has 2 N–H and O–H groups in total. The lowest BCUT2D eigenvalue weighted by Gasteiger charge is -2.06. The summed E-state index contributed by atoms with van der Waals surface area (Å²) in [6.45, 7) is 6.53. The standard InChI is InChI=1S/C10H19N5O/c1-3-5-11-7-10(16)12-6-9-14-13-8-15(9)4-2/h8,11H,3-7H2,1-2H3,(H,12,16). The van der Waals surface area contributed by atoms with Gasteiger partial charge in [0.1, 0.15) is 6.33 Å². The molecule has 1 rings (SSSR count). The van der Waals surface area contributed by atoms with E-state index in [2.05, 4.69) is 27.8 Å². The third kappa shape index (κ3) is 3.98. The summed E-state index contributed by atoms with van der Waals surface area (Å²) in [5.74, 6) is 0.769. The Kier molecular flexibility index (Phi) is 5.49. The van der Waals surface area contributed by atoms with Crippen LogP contribution in [0.15, 0.2) is 6.33 Å². The number of nitrogens with zero attached hydrogens (tertiary/aromatic N) is 3. The molecule has 1 aromatic heterocycles. The molecule has 1 aromatic rings. The highest BCUT2D eigenvalue weighted by atomic mass is 16.1. The maximum atomic E-state index is 11.4. The van der Waals surface area contributed by atoms with E-state index in [0.29, 0.717) is 13.1 Å². The molecule has 0 saturated carbocycles. The van der Waals surface area contributed by atoms with Crippen molar-refractivity contribution in [3.8, 4) is 0 Å². The molecule has 6 heteroatoms. The van der Waals surface area contributed by atoms with Gasteiger partial charge in [0.25, 0.3) is 0 Å². The summed E-state index contributed by atoms with van der Waals surface area (Å²) in [5.41, 5.74) is 0. The molecule has 0 aliphatic heterocycles. The molecule has 0 aromatic carbocycles. The van der Waals surface area contributed by atoms with Crippen molar-refractivity contribution in [2.75, 3.05) is 13.1 Å². The van der Waals surface area contributed by atoms with Crippen LogP contribution < -0.4 is 10.6 Å². The van der Waals surface area contributed by atoms with E-state index in [4.69, 9.17) is 0 Å². The normalized spacial score (nSPS) is 10.4. The Morgan fingerprint density at radius 2 is 2.31 bits per heavy atom. The molecular formula is C10H19N5O. The maximum Gasteiger partial charge on any atom is 0.234 e. The SMILES string of the molecule is CCCNCC(=O)NCc1nncn1CC. The third-order valence-electron chi connectivity index (χ3n) is 2.19. The van der Waals surface area contributed by atoms with Gasteiger partial charge in [-0.3, -0.25) is 4.79 Å². The molecule has 0 aliphatic rings. The molecule has 90 valence electrons. The molecule has 0 fully saturated rings. The molecule has 16 heavy (non-hydrogen) atoms. The van der Waals surface area contributed by atoms with Gasteiger partial charge in [-0.25, -0.2) is 0 Å². The minimum atomic E-state index is -0.0147. The van der Waals surface area contributed by atoms with E-state index < -0.39 is 0 Å². The van der Waals surface area contributed by atoms with Gasteiger partial charge in [-0.1, -0.05) is 6.92 Å². The van der Waals surface area contributed by atoms with Crippen molar-refractivity contribution >= 4 is 5.91 Å². The number of carbonyl (C=O) groups is 1. The van der Waals surface area contributed by atoms with Gasteiger partial charge in [-0.05, 0) is 19.9 Å². The van der Waals surface area contributed by atoms with Crippen LogP contribution in [0.3, 0.4) is 0 Å². The van der Waals surface area contributed by atoms with Crippen molar-refractivity contribution in [3.05, 3.63) is 12.2 Å². The van der Waals surface area contributed by atoms with Gasteiger partial charge in [-0.2, -0.15) is 0 Å². The monoisotopic (exact) mass is 225 g/mol. The topological polar surface area (TPSA) is 71.8 Å². The number of aryl methyl sites for hydroxylation is 1. The Morgan fingerprint density at radius 3 is 3.00 bits per heavy atom. The van der Waals surface area contributed by atoms with Crippen LogP contribution in [0.25, 0.3) is 0 Å². The predicted octanol–water partition coefficient (Wildman–Crippen LogP) is -0.0862. The van der Waals surface area contributed by atoms with Crippen LogP contribution in [0.1, 0.15) is 26.1 Å². The Morgan fingerprint density at radius 1 is 1.50 bits per heavy atom. The predicted molar refractivity (Wildman–Crippen MR) is 60.7 cm³/mol. The second-order valence-electron chi connectivity index (χ2n) is 3.49. The largest absolute Gasteiger partial charge is 0.348 e.